The Morgan fingerprint density at radius 1 is 0.897 bits per heavy atom. The normalized spacial score (nSPS) is 19.1. The second-order valence-electron chi connectivity index (χ2n) is 7.61. The van der Waals surface area contributed by atoms with Gasteiger partial charge in [0.1, 0.15) is 5.82 Å². The Morgan fingerprint density at radius 3 is 2.41 bits per heavy atom. The van der Waals surface area contributed by atoms with E-state index in [1.165, 1.54) is 5.69 Å². The van der Waals surface area contributed by atoms with Gasteiger partial charge in [0.25, 0.3) is 0 Å². The van der Waals surface area contributed by atoms with E-state index in [0.717, 1.165) is 62.8 Å². The zero-order valence-corrected chi connectivity index (χ0v) is 16.3. The maximum absolute atomic E-state index is 13.3. The third-order valence-corrected chi connectivity index (χ3v) is 5.91. The van der Waals surface area contributed by atoms with Gasteiger partial charge < -0.3 is 14.4 Å². The highest BCUT2D eigenvalue weighted by Gasteiger charge is 2.35. The van der Waals surface area contributed by atoms with E-state index < -0.39 is 0 Å². The minimum atomic E-state index is -0.199. The van der Waals surface area contributed by atoms with Crippen molar-refractivity contribution in [2.75, 3.05) is 31.1 Å². The van der Waals surface area contributed by atoms with Crippen LogP contribution in [0.25, 0.3) is 11.4 Å². The standard InChI is InChI=1S/C22H24N6O/c29-22(27-15-13-26(14-16-27)18-5-2-1-3-6-18)19-7-4-12-28-20(24-25-21(19)28)17-8-10-23-11-9-17/h1-3,5-6,8-11,19H,4,7,12-16H2. The lowest BCUT2D eigenvalue weighted by Gasteiger charge is -2.38. The second-order valence-corrected chi connectivity index (χ2v) is 7.61. The average Bonchev–Trinajstić information content (AvgIpc) is 3.24. The molecule has 7 heteroatoms. The molecule has 5 rings (SSSR count). The minimum Gasteiger partial charge on any atom is -0.368 e. The highest BCUT2D eigenvalue weighted by atomic mass is 16.2. The molecular weight excluding hydrogens is 364 g/mol. The van der Waals surface area contributed by atoms with E-state index >= 15 is 0 Å². The summed E-state index contributed by atoms with van der Waals surface area (Å²) in [7, 11) is 0. The molecule has 7 nitrogen and oxygen atoms in total. The Hall–Kier alpha value is -3.22. The van der Waals surface area contributed by atoms with Gasteiger partial charge in [0.05, 0.1) is 5.92 Å². The van der Waals surface area contributed by atoms with Crippen LogP contribution in [-0.2, 0) is 11.3 Å². The fourth-order valence-corrected chi connectivity index (χ4v) is 4.37. The van der Waals surface area contributed by atoms with Crippen LogP contribution in [0.1, 0.15) is 24.6 Å². The van der Waals surface area contributed by atoms with Gasteiger partial charge >= 0.3 is 0 Å². The van der Waals surface area contributed by atoms with Crippen molar-refractivity contribution in [1.82, 2.24) is 24.6 Å². The molecule has 1 amide bonds. The quantitative estimate of drug-likeness (QED) is 0.690. The Balaban J connectivity index is 1.32. The van der Waals surface area contributed by atoms with Crippen LogP contribution in [0.5, 0.6) is 0 Å². The van der Waals surface area contributed by atoms with E-state index in [0.29, 0.717) is 0 Å². The lowest BCUT2D eigenvalue weighted by molar-refractivity contribution is -0.133. The molecular formula is C22H24N6O. The highest BCUT2D eigenvalue weighted by Crippen LogP contribution is 2.31. The maximum Gasteiger partial charge on any atom is 0.233 e. The smallest absolute Gasteiger partial charge is 0.233 e. The molecule has 0 radical (unpaired) electrons. The van der Waals surface area contributed by atoms with Gasteiger partial charge in [-0.3, -0.25) is 9.78 Å². The monoisotopic (exact) mass is 388 g/mol. The summed E-state index contributed by atoms with van der Waals surface area (Å²) in [6.45, 7) is 4.06. The fourth-order valence-electron chi connectivity index (χ4n) is 4.37. The number of carbonyl (C=O) groups is 1. The van der Waals surface area contributed by atoms with Crippen LogP contribution in [0.15, 0.2) is 54.9 Å². The number of aromatic nitrogens is 4. The number of fused-ring (bicyclic) bond motifs is 1. The van der Waals surface area contributed by atoms with Crippen molar-refractivity contribution < 1.29 is 4.79 Å². The number of amides is 1. The predicted molar refractivity (Wildman–Crippen MR) is 110 cm³/mol. The molecule has 3 aromatic rings. The molecule has 4 heterocycles. The third kappa shape index (κ3) is 3.37. The van der Waals surface area contributed by atoms with Gasteiger partial charge in [0.15, 0.2) is 5.82 Å². The second kappa shape index (κ2) is 7.66. The summed E-state index contributed by atoms with van der Waals surface area (Å²) in [4.78, 5) is 21.7. The van der Waals surface area contributed by atoms with E-state index in [-0.39, 0.29) is 11.8 Å². The first kappa shape index (κ1) is 17.8. The maximum atomic E-state index is 13.3. The van der Waals surface area contributed by atoms with Gasteiger partial charge in [-0.15, -0.1) is 10.2 Å². The SMILES string of the molecule is O=C(C1CCCn2c(-c3ccncc3)nnc21)N1CCN(c2ccccc2)CC1. The van der Waals surface area contributed by atoms with Crippen molar-refractivity contribution in [2.45, 2.75) is 25.3 Å². The number of para-hydroxylation sites is 1. The largest absolute Gasteiger partial charge is 0.368 e. The van der Waals surface area contributed by atoms with E-state index in [9.17, 15) is 4.79 Å². The van der Waals surface area contributed by atoms with Crippen LogP contribution >= 0.6 is 0 Å². The zero-order chi connectivity index (χ0) is 19.6. The molecule has 148 valence electrons. The summed E-state index contributed by atoms with van der Waals surface area (Å²) in [5, 5.41) is 8.83. The molecule has 0 aliphatic carbocycles. The Morgan fingerprint density at radius 2 is 1.66 bits per heavy atom. The summed E-state index contributed by atoms with van der Waals surface area (Å²) in [5.74, 6) is 1.62. The first-order valence-electron chi connectivity index (χ1n) is 10.2. The topological polar surface area (TPSA) is 67.2 Å². The minimum absolute atomic E-state index is 0.187. The molecule has 2 aromatic heterocycles. The van der Waals surface area contributed by atoms with E-state index in [1.54, 1.807) is 12.4 Å². The number of pyridine rings is 1. The van der Waals surface area contributed by atoms with Crippen molar-refractivity contribution in [1.29, 1.82) is 0 Å². The average molecular weight is 388 g/mol. The lowest BCUT2D eigenvalue weighted by Crippen LogP contribution is -2.50. The van der Waals surface area contributed by atoms with Crippen molar-refractivity contribution in [2.24, 2.45) is 0 Å². The molecule has 1 atom stereocenters. The first-order chi connectivity index (χ1) is 14.3. The number of rotatable bonds is 3. The Bertz CT molecular complexity index is 979. The number of anilines is 1. The fraction of sp³-hybridized carbons (Fsp3) is 0.364. The zero-order valence-electron chi connectivity index (χ0n) is 16.3. The van der Waals surface area contributed by atoms with Gasteiger partial charge in [-0.05, 0) is 37.1 Å². The molecule has 0 spiro atoms. The van der Waals surface area contributed by atoms with Crippen LogP contribution in [-0.4, -0.2) is 56.7 Å². The molecule has 1 saturated heterocycles. The van der Waals surface area contributed by atoms with Crippen molar-refractivity contribution in [3.05, 3.63) is 60.7 Å². The van der Waals surface area contributed by atoms with Crippen LogP contribution in [0.2, 0.25) is 0 Å². The van der Waals surface area contributed by atoms with Crippen LogP contribution < -0.4 is 4.90 Å². The first-order valence-corrected chi connectivity index (χ1v) is 10.2. The third-order valence-electron chi connectivity index (χ3n) is 5.91. The summed E-state index contributed by atoms with van der Waals surface area (Å²) < 4.78 is 2.11. The van der Waals surface area contributed by atoms with Gasteiger partial charge in [0, 0.05) is 56.4 Å². The van der Waals surface area contributed by atoms with Gasteiger partial charge in [-0.1, -0.05) is 18.2 Å². The summed E-state index contributed by atoms with van der Waals surface area (Å²) in [6.07, 6.45) is 5.32. The number of hydrogen-bond donors (Lipinski definition) is 0. The van der Waals surface area contributed by atoms with Crippen LogP contribution in [0.4, 0.5) is 5.69 Å². The van der Waals surface area contributed by atoms with Gasteiger partial charge in [-0.25, -0.2) is 0 Å². The summed E-state index contributed by atoms with van der Waals surface area (Å²) in [5.41, 5.74) is 2.21. The predicted octanol–water partition coefficient (Wildman–Crippen LogP) is 2.57. The van der Waals surface area contributed by atoms with E-state index in [1.807, 2.05) is 23.1 Å². The van der Waals surface area contributed by atoms with Crippen LogP contribution in [0, 0.1) is 0 Å². The number of carbonyl (C=O) groups excluding carboxylic acids is 1. The Labute approximate surface area is 170 Å². The molecule has 2 aliphatic rings. The van der Waals surface area contributed by atoms with Gasteiger partial charge in [-0.2, -0.15) is 0 Å². The molecule has 1 fully saturated rings. The van der Waals surface area contributed by atoms with E-state index in [2.05, 4.69) is 48.9 Å². The Kier molecular flexibility index (Phi) is 4.71. The summed E-state index contributed by atoms with van der Waals surface area (Å²) in [6, 6.07) is 14.3. The van der Waals surface area contributed by atoms with Gasteiger partial charge in [0.2, 0.25) is 5.91 Å². The molecule has 1 unspecified atom stereocenters. The molecule has 0 bridgehead atoms. The molecule has 0 N–H and O–H groups in total. The van der Waals surface area contributed by atoms with Crippen LogP contribution in [0.3, 0.4) is 0 Å². The number of piperazine rings is 1. The molecule has 2 aliphatic heterocycles. The number of nitrogens with zero attached hydrogens (tertiary/aromatic N) is 6. The van der Waals surface area contributed by atoms with Crippen molar-refractivity contribution in [3.63, 3.8) is 0 Å². The summed E-state index contributed by atoms with van der Waals surface area (Å²) >= 11 is 0. The number of benzene rings is 1. The lowest BCUT2D eigenvalue weighted by atomic mass is 9.96. The highest BCUT2D eigenvalue weighted by molar-refractivity contribution is 5.83. The molecule has 29 heavy (non-hydrogen) atoms. The van der Waals surface area contributed by atoms with E-state index in [4.69, 9.17) is 0 Å². The van der Waals surface area contributed by atoms with Crippen molar-refractivity contribution in [3.8, 4) is 11.4 Å². The molecule has 1 aromatic carbocycles. The number of hydrogen-bond acceptors (Lipinski definition) is 5. The van der Waals surface area contributed by atoms with Crippen molar-refractivity contribution >= 4 is 11.6 Å². The molecule has 0 saturated carbocycles.